The van der Waals surface area contributed by atoms with E-state index in [1.54, 1.807) is 11.3 Å². The van der Waals surface area contributed by atoms with Crippen LogP contribution in [0.3, 0.4) is 0 Å². The molecule has 0 bridgehead atoms. The number of carbonyl (C=O) groups excluding carboxylic acids is 2. The maximum atomic E-state index is 14.1. The molecule has 38 heavy (non-hydrogen) atoms. The summed E-state index contributed by atoms with van der Waals surface area (Å²) in [7, 11) is 0. The number of fused-ring (bicyclic) bond motifs is 1. The molecule has 3 unspecified atom stereocenters. The summed E-state index contributed by atoms with van der Waals surface area (Å²) in [5, 5.41) is 2.13. The zero-order chi connectivity index (χ0) is 27.4. The number of carbonyl (C=O) groups is 2. The molecule has 0 aliphatic carbocycles. The van der Waals surface area contributed by atoms with Crippen molar-refractivity contribution in [3.8, 4) is 0 Å². The second kappa shape index (κ2) is 11.9. The lowest BCUT2D eigenvalue weighted by molar-refractivity contribution is -0.144. The second-order valence-corrected chi connectivity index (χ2v) is 12.5. The standard InChI is InChI=1S/C33H42N2O2S/c1-7-23(3)35(32(37)27(8-2)24-12-10-9-11-13-24)22-30(36)34-20-18-29-28(19-21-38-29)31(34)25-14-16-26(17-15-25)33(4,5)6/h9-17,19,21,23,27,31H,7-8,18,20,22H2,1-6H3. The van der Waals surface area contributed by atoms with Crippen LogP contribution in [0.15, 0.2) is 66.0 Å². The Morgan fingerprint density at radius 3 is 2.29 bits per heavy atom. The van der Waals surface area contributed by atoms with Crippen LogP contribution < -0.4 is 0 Å². The van der Waals surface area contributed by atoms with Gasteiger partial charge >= 0.3 is 0 Å². The van der Waals surface area contributed by atoms with Crippen LogP contribution in [0.5, 0.6) is 0 Å². The van der Waals surface area contributed by atoms with Gasteiger partial charge in [0.1, 0.15) is 6.54 Å². The van der Waals surface area contributed by atoms with Gasteiger partial charge in [0.25, 0.3) is 0 Å². The Kier molecular flexibility index (Phi) is 8.77. The summed E-state index contributed by atoms with van der Waals surface area (Å²) in [4.78, 5) is 33.1. The van der Waals surface area contributed by atoms with E-state index in [0.29, 0.717) is 13.0 Å². The lowest BCUT2D eigenvalue weighted by Gasteiger charge is -2.39. The van der Waals surface area contributed by atoms with Crippen molar-refractivity contribution < 1.29 is 9.59 Å². The first kappa shape index (κ1) is 28.1. The van der Waals surface area contributed by atoms with Crippen LogP contribution >= 0.6 is 11.3 Å². The van der Waals surface area contributed by atoms with Gasteiger partial charge in [0.05, 0.1) is 12.0 Å². The van der Waals surface area contributed by atoms with E-state index in [4.69, 9.17) is 0 Å². The first-order chi connectivity index (χ1) is 18.2. The van der Waals surface area contributed by atoms with Crippen LogP contribution in [0.1, 0.15) is 93.5 Å². The summed E-state index contributed by atoms with van der Waals surface area (Å²) in [6.07, 6.45) is 2.36. The average molecular weight is 531 g/mol. The lowest BCUT2D eigenvalue weighted by Crippen LogP contribution is -2.50. The highest BCUT2D eigenvalue weighted by Crippen LogP contribution is 2.39. The van der Waals surface area contributed by atoms with Crippen LogP contribution in [0.4, 0.5) is 0 Å². The van der Waals surface area contributed by atoms with Crippen LogP contribution in [-0.2, 0) is 21.4 Å². The SMILES string of the molecule is CCC(C(=O)N(CC(=O)N1CCc2sccc2C1c1ccc(C(C)(C)C)cc1)C(C)CC)c1ccccc1. The van der Waals surface area contributed by atoms with Gasteiger partial charge in [0, 0.05) is 17.5 Å². The molecular formula is C33H42N2O2S. The van der Waals surface area contributed by atoms with Crippen molar-refractivity contribution in [1.29, 1.82) is 0 Å². The lowest BCUT2D eigenvalue weighted by atomic mass is 9.85. The molecule has 2 heterocycles. The highest BCUT2D eigenvalue weighted by Gasteiger charge is 2.36. The Morgan fingerprint density at radius 1 is 1.00 bits per heavy atom. The van der Waals surface area contributed by atoms with Crippen molar-refractivity contribution in [3.05, 3.63) is 93.2 Å². The summed E-state index contributed by atoms with van der Waals surface area (Å²) in [5.41, 5.74) is 4.71. The van der Waals surface area contributed by atoms with Gasteiger partial charge in [-0.15, -0.1) is 11.3 Å². The van der Waals surface area contributed by atoms with Gasteiger partial charge in [-0.3, -0.25) is 9.59 Å². The number of benzene rings is 2. The van der Waals surface area contributed by atoms with E-state index in [0.717, 1.165) is 24.0 Å². The first-order valence-electron chi connectivity index (χ1n) is 14.0. The fourth-order valence-corrected chi connectivity index (χ4v) is 6.36. The van der Waals surface area contributed by atoms with Crippen LogP contribution in [0.2, 0.25) is 0 Å². The summed E-state index contributed by atoms with van der Waals surface area (Å²) >= 11 is 1.77. The molecular weight excluding hydrogens is 488 g/mol. The van der Waals surface area contributed by atoms with Gasteiger partial charge < -0.3 is 9.80 Å². The molecule has 0 fully saturated rings. The maximum absolute atomic E-state index is 14.1. The van der Waals surface area contributed by atoms with Crippen molar-refractivity contribution in [2.24, 2.45) is 0 Å². The quantitative estimate of drug-likeness (QED) is 0.306. The fourth-order valence-electron chi connectivity index (χ4n) is 5.46. The topological polar surface area (TPSA) is 40.6 Å². The summed E-state index contributed by atoms with van der Waals surface area (Å²) in [6.45, 7) is 13.6. The van der Waals surface area contributed by atoms with Crippen molar-refractivity contribution in [2.75, 3.05) is 13.1 Å². The largest absolute Gasteiger partial charge is 0.330 e. The minimum atomic E-state index is -0.247. The Labute approximate surface area is 232 Å². The monoisotopic (exact) mass is 530 g/mol. The van der Waals surface area contributed by atoms with Crippen molar-refractivity contribution in [2.45, 2.75) is 84.2 Å². The maximum Gasteiger partial charge on any atom is 0.243 e. The number of amides is 2. The number of hydrogen-bond donors (Lipinski definition) is 0. The molecule has 0 saturated carbocycles. The number of rotatable bonds is 8. The Hall–Kier alpha value is -2.92. The van der Waals surface area contributed by atoms with Gasteiger partial charge in [0.15, 0.2) is 0 Å². The minimum absolute atomic E-state index is 0.0170. The third-order valence-electron chi connectivity index (χ3n) is 8.00. The van der Waals surface area contributed by atoms with Crippen molar-refractivity contribution >= 4 is 23.2 Å². The molecule has 0 radical (unpaired) electrons. The number of thiophene rings is 1. The van der Waals surface area contributed by atoms with Crippen LogP contribution in [0.25, 0.3) is 0 Å². The zero-order valence-corrected chi connectivity index (χ0v) is 24.6. The molecule has 2 aromatic carbocycles. The van der Waals surface area contributed by atoms with Gasteiger partial charge in [-0.05, 0) is 65.3 Å². The molecule has 4 nitrogen and oxygen atoms in total. The smallest absolute Gasteiger partial charge is 0.243 e. The third kappa shape index (κ3) is 5.88. The molecule has 0 spiro atoms. The van der Waals surface area contributed by atoms with Gasteiger partial charge in [-0.25, -0.2) is 0 Å². The van der Waals surface area contributed by atoms with Crippen LogP contribution in [-0.4, -0.2) is 40.7 Å². The molecule has 3 atom stereocenters. The molecule has 1 aliphatic heterocycles. The van der Waals surface area contributed by atoms with E-state index in [2.05, 4.69) is 70.3 Å². The predicted molar refractivity (Wildman–Crippen MR) is 158 cm³/mol. The van der Waals surface area contributed by atoms with Crippen LogP contribution in [0, 0.1) is 0 Å². The minimum Gasteiger partial charge on any atom is -0.330 e. The molecule has 3 aromatic rings. The first-order valence-corrected chi connectivity index (χ1v) is 14.8. The molecule has 5 heteroatoms. The molecule has 1 aromatic heterocycles. The Bertz CT molecular complexity index is 1230. The molecule has 0 saturated heterocycles. The van der Waals surface area contributed by atoms with E-state index in [-0.39, 0.29) is 41.8 Å². The van der Waals surface area contributed by atoms with Gasteiger partial charge in [-0.2, -0.15) is 0 Å². The fraction of sp³-hybridized carbons (Fsp3) is 0.455. The Balaban J connectivity index is 1.64. The highest BCUT2D eigenvalue weighted by molar-refractivity contribution is 7.10. The summed E-state index contributed by atoms with van der Waals surface area (Å²) < 4.78 is 0. The summed E-state index contributed by atoms with van der Waals surface area (Å²) in [6, 6.07) is 20.7. The second-order valence-electron chi connectivity index (χ2n) is 11.5. The molecule has 4 rings (SSSR count). The summed E-state index contributed by atoms with van der Waals surface area (Å²) in [5.74, 6) is -0.187. The van der Waals surface area contributed by atoms with Crippen molar-refractivity contribution in [1.82, 2.24) is 9.80 Å². The van der Waals surface area contributed by atoms with E-state index >= 15 is 0 Å². The predicted octanol–water partition coefficient (Wildman–Crippen LogP) is 7.34. The van der Waals surface area contributed by atoms with E-state index in [1.807, 2.05) is 47.1 Å². The number of nitrogens with zero attached hydrogens (tertiary/aromatic N) is 2. The zero-order valence-electron chi connectivity index (χ0n) is 23.7. The van der Waals surface area contributed by atoms with E-state index < -0.39 is 0 Å². The number of hydrogen-bond acceptors (Lipinski definition) is 3. The van der Waals surface area contributed by atoms with E-state index in [1.165, 1.54) is 16.0 Å². The molecule has 202 valence electrons. The van der Waals surface area contributed by atoms with E-state index in [9.17, 15) is 9.59 Å². The molecule has 0 N–H and O–H groups in total. The Morgan fingerprint density at radius 2 is 1.68 bits per heavy atom. The molecule has 1 aliphatic rings. The highest BCUT2D eigenvalue weighted by atomic mass is 32.1. The van der Waals surface area contributed by atoms with Gasteiger partial charge in [0.2, 0.25) is 11.8 Å². The molecule has 2 amide bonds. The third-order valence-corrected chi connectivity index (χ3v) is 9.00. The van der Waals surface area contributed by atoms with Crippen molar-refractivity contribution in [3.63, 3.8) is 0 Å². The normalized spacial score (nSPS) is 17.0. The van der Waals surface area contributed by atoms with Gasteiger partial charge in [-0.1, -0.05) is 89.2 Å². The average Bonchev–Trinajstić information content (AvgIpc) is 3.40.